The summed E-state index contributed by atoms with van der Waals surface area (Å²) in [6, 6.07) is 8.08. The van der Waals surface area contributed by atoms with Crippen molar-refractivity contribution in [1.82, 2.24) is 15.3 Å². The molecule has 3 rings (SSSR count). The lowest BCUT2D eigenvalue weighted by Crippen LogP contribution is -2.26. The van der Waals surface area contributed by atoms with Crippen LogP contribution < -0.4 is 5.32 Å². The predicted octanol–water partition coefficient (Wildman–Crippen LogP) is 4.38. The number of allylic oxidation sites excluding steroid dienone is 1. The first-order chi connectivity index (χ1) is 12.1. The monoisotopic (exact) mass is 335 g/mol. The molecule has 1 N–H and O–H groups in total. The zero-order chi connectivity index (χ0) is 17.6. The van der Waals surface area contributed by atoms with Crippen LogP contribution >= 0.6 is 0 Å². The molecule has 4 nitrogen and oxygen atoms in total. The van der Waals surface area contributed by atoms with Crippen LogP contribution in [-0.4, -0.2) is 22.4 Å². The highest BCUT2D eigenvalue weighted by atomic mass is 16.1. The zero-order valence-electron chi connectivity index (χ0n) is 15.0. The van der Waals surface area contributed by atoms with Crippen molar-refractivity contribution in [2.45, 2.75) is 46.0 Å². The molecule has 1 aliphatic rings. The third kappa shape index (κ3) is 4.53. The fraction of sp³-hybridized carbons (Fsp3) is 0.381. The van der Waals surface area contributed by atoms with Gasteiger partial charge in [0.05, 0.1) is 11.3 Å². The highest BCUT2D eigenvalue weighted by molar-refractivity contribution is 5.95. The molecule has 0 radical (unpaired) electrons. The average Bonchev–Trinajstić information content (AvgIpc) is 2.63. The minimum atomic E-state index is -0.0932. The second-order valence-corrected chi connectivity index (χ2v) is 6.67. The number of nitrogens with zero attached hydrogens (tertiary/aromatic N) is 2. The number of carbonyl (C=O) groups is 1. The summed E-state index contributed by atoms with van der Waals surface area (Å²) in [5.41, 5.74) is 4.89. The molecule has 0 spiro atoms. The molecule has 0 aliphatic heterocycles. The summed E-state index contributed by atoms with van der Waals surface area (Å²) in [4.78, 5) is 21.3. The third-order valence-electron chi connectivity index (χ3n) is 4.65. The molecule has 2 aromatic rings. The van der Waals surface area contributed by atoms with Crippen LogP contribution in [0.1, 0.15) is 53.7 Å². The van der Waals surface area contributed by atoms with E-state index in [0.29, 0.717) is 23.6 Å². The molecule has 1 aromatic heterocycles. The molecule has 0 atom stereocenters. The topological polar surface area (TPSA) is 54.9 Å². The number of hydrogen-bond acceptors (Lipinski definition) is 3. The molecule has 1 amide bonds. The number of benzene rings is 1. The summed E-state index contributed by atoms with van der Waals surface area (Å²) in [6.45, 7) is 4.58. The minimum absolute atomic E-state index is 0.0932. The van der Waals surface area contributed by atoms with Crippen molar-refractivity contribution in [3.05, 3.63) is 58.9 Å². The average molecular weight is 335 g/mol. The summed E-state index contributed by atoms with van der Waals surface area (Å²) in [7, 11) is 0. The molecule has 0 fully saturated rings. The predicted molar refractivity (Wildman–Crippen MR) is 100 cm³/mol. The van der Waals surface area contributed by atoms with E-state index in [4.69, 9.17) is 0 Å². The smallest absolute Gasteiger partial charge is 0.254 e. The van der Waals surface area contributed by atoms with Crippen LogP contribution in [0.2, 0.25) is 0 Å². The van der Waals surface area contributed by atoms with E-state index in [0.717, 1.165) is 12.0 Å². The van der Waals surface area contributed by atoms with Gasteiger partial charge in [0.2, 0.25) is 0 Å². The third-order valence-corrected chi connectivity index (χ3v) is 4.65. The van der Waals surface area contributed by atoms with Crippen molar-refractivity contribution in [2.75, 3.05) is 6.54 Å². The molecule has 1 aromatic carbocycles. The largest absolute Gasteiger partial charge is 0.352 e. The molecule has 0 saturated carbocycles. The lowest BCUT2D eigenvalue weighted by Gasteiger charge is -2.13. The first-order valence-electron chi connectivity index (χ1n) is 9.00. The summed E-state index contributed by atoms with van der Waals surface area (Å²) in [5.74, 6) is 0.561. The zero-order valence-corrected chi connectivity index (χ0v) is 15.0. The van der Waals surface area contributed by atoms with Crippen molar-refractivity contribution in [3.63, 3.8) is 0 Å². The number of nitrogens with one attached hydrogen (secondary N) is 1. The van der Waals surface area contributed by atoms with Crippen LogP contribution in [-0.2, 0) is 0 Å². The number of aryl methyl sites for hydroxylation is 2. The standard InChI is InChI=1S/C21H25N3O/c1-15-8-10-18(11-9-15)20-23-14-19(16(2)24-20)21(25)22-13-12-17-6-4-3-5-7-17/h6,8-11,14H,3-5,7,12-13H2,1-2H3,(H,22,25). The van der Waals surface area contributed by atoms with Crippen molar-refractivity contribution >= 4 is 5.91 Å². The molecule has 4 heteroatoms. The maximum atomic E-state index is 12.4. The first-order valence-corrected chi connectivity index (χ1v) is 9.00. The van der Waals surface area contributed by atoms with Gasteiger partial charge in [-0.05, 0) is 46.0 Å². The van der Waals surface area contributed by atoms with Crippen LogP contribution in [0.15, 0.2) is 42.1 Å². The van der Waals surface area contributed by atoms with E-state index in [2.05, 4.69) is 21.4 Å². The Balaban J connectivity index is 1.62. The molecular formula is C21H25N3O. The fourth-order valence-electron chi connectivity index (χ4n) is 3.10. The maximum Gasteiger partial charge on any atom is 0.254 e. The van der Waals surface area contributed by atoms with Gasteiger partial charge in [0.15, 0.2) is 5.82 Å². The second kappa shape index (κ2) is 8.06. The maximum absolute atomic E-state index is 12.4. The van der Waals surface area contributed by atoms with Gasteiger partial charge in [0.25, 0.3) is 5.91 Å². The Bertz CT molecular complexity index is 778. The van der Waals surface area contributed by atoms with Gasteiger partial charge in [0, 0.05) is 18.3 Å². The number of rotatable bonds is 5. The van der Waals surface area contributed by atoms with E-state index in [1.165, 1.54) is 36.8 Å². The molecule has 0 unspecified atom stereocenters. The van der Waals surface area contributed by atoms with Crippen molar-refractivity contribution in [3.8, 4) is 11.4 Å². The SMILES string of the molecule is Cc1ccc(-c2ncc(C(=O)NCCC3=CCCCC3)c(C)n2)cc1. The van der Waals surface area contributed by atoms with Crippen molar-refractivity contribution in [1.29, 1.82) is 0 Å². The Morgan fingerprint density at radius 1 is 1.16 bits per heavy atom. The van der Waals surface area contributed by atoms with E-state index >= 15 is 0 Å². The van der Waals surface area contributed by atoms with Crippen LogP contribution in [0.25, 0.3) is 11.4 Å². The highest BCUT2D eigenvalue weighted by Crippen LogP contribution is 2.20. The summed E-state index contributed by atoms with van der Waals surface area (Å²) in [5, 5.41) is 2.99. The molecular weight excluding hydrogens is 310 g/mol. The van der Waals surface area contributed by atoms with E-state index in [1.54, 1.807) is 6.20 Å². The lowest BCUT2D eigenvalue weighted by atomic mass is 9.97. The molecule has 25 heavy (non-hydrogen) atoms. The van der Waals surface area contributed by atoms with Crippen molar-refractivity contribution < 1.29 is 4.79 Å². The van der Waals surface area contributed by atoms with Gasteiger partial charge in [-0.25, -0.2) is 9.97 Å². The number of aromatic nitrogens is 2. The second-order valence-electron chi connectivity index (χ2n) is 6.67. The Kier molecular flexibility index (Phi) is 5.59. The Morgan fingerprint density at radius 3 is 2.64 bits per heavy atom. The lowest BCUT2D eigenvalue weighted by molar-refractivity contribution is 0.0952. The fourth-order valence-corrected chi connectivity index (χ4v) is 3.10. The van der Waals surface area contributed by atoms with E-state index in [9.17, 15) is 4.79 Å². The van der Waals surface area contributed by atoms with Crippen LogP contribution in [0.4, 0.5) is 0 Å². The Morgan fingerprint density at radius 2 is 1.96 bits per heavy atom. The number of hydrogen-bond donors (Lipinski definition) is 1. The summed E-state index contributed by atoms with van der Waals surface area (Å²) >= 11 is 0. The molecule has 0 saturated heterocycles. The molecule has 1 aliphatic carbocycles. The van der Waals surface area contributed by atoms with Crippen LogP contribution in [0, 0.1) is 13.8 Å². The van der Waals surface area contributed by atoms with Gasteiger partial charge in [-0.15, -0.1) is 0 Å². The van der Waals surface area contributed by atoms with E-state index in [1.807, 2.05) is 38.1 Å². The summed E-state index contributed by atoms with van der Waals surface area (Å²) < 4.78 is 0. The molecule has 1 heterocycles. The van der Waals surface area contributed by atoms with E-state index in [-0.39, 0.29) is 5.91 Å². The molecule has 0 bridgehead atoms. The van der Waals surface area contributed by atoms with Crippen LogP contribution in [0.3, 0.4) is 0 Å². The Labute approximate surface area is 149 Å². The van der Waals surface area contributed by atoms with Crippen molar-refractivity contribution in [2.24, 2.45) is 0 Å². The van der Waals surface area contributed by atoms with Gasteiger partial charge < -0.3 is 5.32 Å². The van der Waals surface area contributed by atoms with E-state index < -0.39 is 0 Å². The van der Waals surface area contributed by atoms with Gasteiger partial charge in [0.1, 0.15) is 0 Å². The quantitative estimate of drug-likeness (QED) is 0.825. The van der Waals surface area contributed by atoms with Gasteiger partial charge in [-0.2, -0.15) is 0 Å². The normalized spacial score (nSPS) is 14.1. The van der Waals surface area contributed by atoms with Crippen LogP contribution in [0.5, 0.6) is 0 Å². The minimum Gasteiger partial charge on any atom is -0.352 e. The number of amides is 1. The highest BCUT2D eigenvalue weighted by Gasteiger charge is 2.13. The summed E-state index contributed by atoms with van der Waals surface area (Å²) in [6.07, 6.45) is 9.80. The number of carbonyl (C=O) groups excluding carboxylic acids is 1. The van der Waals surface area contributed by atoms with Gasteiger partial charge >= 0.3 is 0 Å². The van der Waals surface area contributed by atoms with Gasteiger partial charge in [-0.1, -0.05) is 41.5 Å². The first kappa shape index (κ1) is 17.3. The molecule has 130 valence electrons. The Hall–Kier alpha value is -2.49. The van der Waals surface area contributed by atoms with Gasteiger partial charge in [-0.3, -0.25) is 4.79 Å².